The summed E-state index contributed by atoms with van der Waals surface area (Å²) in [6.45, 7) is 6.13. The highest BCUT2D eigenvalue weighted by Gasteiger charge is 2.24. The lowest BCUT2D eigenvalue weighted by atomic mass is 10.1. The molecule has 0 unspecified atom stereocenters. The van der Waals surface area contributed by atoms with Crippen LogP contribution < -0.4 is 11.1 Å². The first-order chi connectivity index (χ1) is 13.3. The first-order valence-corrected chi connectivity index (χ1v) is 8.88. The Bertz CT molecular complexity index is 1140. The highest BCUT2D eigenvalue weighted by molar-refractivity contribution is 6.14. The van der Waals surface area contributed by atoms with Gasteiger partial charge in [-0.25, -0.2) is 9.97 Å². The van der Waals surface area contributed by atoms with Crippen molar-refractivity contribution in [3.8, 4) is 11.3 Å². The molecule has 0 saturated carbocycles. The van der Waals surface area contributed by atoms with Crippen LogP contribution in [0.4, 0.5) is 11.5 Å². The van der Waals surface area contributed by atoms with E-state index in [2.05, 4.69) is 25.5 Å². The van der Waals surface area contributed by atoms with Crippen molar-refractivity contribution >= 4 is 28.4 Å². The Morgan fingerprint density at radius 3 is 2.54 bits per heavy atom. The first kappa shape index (κ1) is 17.7. The van der Waals surface area contributed by atoms with Crippen LogP contribution in [0.5, 0.6) is 0 Å². The topological polar surface area (TPSA) is 115 Å². The number of hydrogen-bond donors (Lipinski definition) is 3. The van der Waals surface area contributed by atoms with Gasteiger partial charge in [0, 0.05) is 23.6 Å². The number of H-pyrrole nitrogens is 1. The van der Waals surface area contributed by atoms with Crippen LogP contribution in [0.25, 0.3) is 22.3 Å². The number of aromatic nitrogens is 5. The number of nitrogens with two attached hydrogens (primary N) is 1. The summed E-state index contributed by atoms with van der Waals surface area (Å²) in [7, 11) is 0. The van der Waals surface area contributed by atoms with Gasteiger partial charge in [0.25, 0.3) is 5.91 Å². The van der Waals surface area contributed by atoms with E-state index in [0.29, 0.717) is 22.3 Å². The Morgan fingerprint density at radius 1 is 1.14 bits per heavy atom. The standard InChI is InChI=1S/C20H21N7O/c1-20(2,3)27-10-14(16-17(21)22-11-23-18(16)27)19(28)25-13-6-4-12(5-7-13)15-8-9-24-26-15/h4-11H,1-3H3,(H,24,26)(H,25,28)(H2,21,22,23). The number of rotatable bonds is 3. The largest absolute Gasteiger partial charge is 0.383 e. The highest BCUT2D eigenvalue weighted by atomic mass is 16.1. The first-order valence-electron chi connectivity index (χ1n) is 8.88. The zero-order valence-electron chi connectivity index (χ0n) is 15.9. The summed E-state index contributed by atoms with van der Waals surface area (Å²) in [5.41, 5.74) is 9.47. The fourth-order valence-corrected chi connectivity index (χ4v) is 3.12. The number of aromatic amines is 1. The maximum atomic E-state index is 13.0. The van der Waals surface area contributed by atoms with Gasteiger partial charge < -0.3 is 15.6 Å². The number of nitrogens with zero attached hydrogens (tertiary/aromatic N) is 4. The molecule has 0 aliphatic rings. The zero-order valence-corrected chi connectivity index (χ0v) is 15.9. The predicted octanol–water partition coefficient (Wildman–Crippen LogP) is 3.41. The van der Waals surface area contributed by atoms with E-state index in [4.69, 9.17) is 5.73 Å². The molecule has 0 atom stereocenters. The molecular weight excluding hydrogens is 354 g/mol. The van der Waals surface area contributed by atoms with Gasteiger partial charge >= 0.3 is 0 Å². The van der Waals surface area contributed by atoms with Crippen molar-refractivity contribution in [2.75, 3.05) is 11.1 Å². The van der Waals surface area contributed by atoms with Crippen LogP contribution >= 0.6 is 0 Å². The quantitative estimate of drug-likeness (QED) is 0.508. The molecule has 4 aromatic rings. The number of amides is 1. The van der Waals surface area contributed by atoms with E-state index in [9.17, 15) is 4.79 Å². The third kappa shape index (κ3) is 3.09. The number of fused-ring (bicyclic) bond motifs is 1. The monoisotopic (exact) mass is 375 g/mol. The summed E-state index contributed by atoms with van der Waals surface area (Å²) in [4.78, 5) is 21.4. The Balaban J connectivity index is 1.68. The molecule has 28 heavy (non-hydrogen) atoms. The molecule has 0 saturated heterocycles. The summed E-state index contributed by atoms with van der Waals surface area (Å²) < 4.78 is 1.94. The smallest absolute Gasteiger partial charge is 0.258 e. The van der Waals surface area contributed by atoms with Crippen LogP contribution in [-0.2, 0) is 5.54 Å². The highest BCUT2D eigenvalue weighted by Crippen LogP contribution is 2.29. The van der Waals surface area contributed by atoms with E-state index in [0.717, 1.165) is 11.3 Å². The Labute approximate surface area is 161 Å². The van der Waals surface area contributed by atoms with E-state index in [-0.39, 0.29) is 17.3 Å². The van der Waals surface area contributed by atoms with Gasteiger partial charge in [0.2, 0.25) is 0 Å². The second-order valence-electron chi connectivity index (χ2n) is 7.54. The average molecular weight is 375 g/mol. The molecule has 3 heterocycles. The van der Waals surface area contributed by atoms with Gasteiger partial charge in [-0.15, -0.1) is 0 Å². The number of carbonyl (C=O) groups excluding carboxylic acids is 1. The molecule has 0 spiro atoms. The van der Waals surface area contributed by atoms with E-state index >= 15 is 0 Å². The van der Waals surface area contributed by atoms with Gasteiger partial charge in [-0.1, -0.05) is 12.1 Å². The van der Waals surface area contributed by atoms with E-state index in [1.165, 1.54) is 6.33 Å². The molecule has 1 amide bonds. The zero-order chi connectivity index (χ0) is 19.9. The minimum absolute atomic E-state index is 0.260. The van der Waals surface area contributed by atoms with Gasteiger partial charge in [0.1, 0.15) is 17.8 Å². The van der Waals surface area contributed by atoms with Crippen LogP contribution in [0.1, 0.15) is 31.1 Å². The van der Waals surface area contributed by atoms with Crippen molar-refractivity contribution in [3.63, 3.8) is 0 Å². The molecule has 8 nitrogen and oxygen atoms in total. The van der Waals surface area contributed by atoms with Crippen molar-refractivity contribution < 1.29 is 4.79 Å². The van der Waals surface area contributed by atoms with E-state index < -0.39 is 0 Å². The summed E-state index contributed by atoms with van der Waals surface area (Å²) in [5, 5.41) is 10.3. The fourth-order valence-electron chi connectivity index (χ4n) is 3.12. The van der Waals surface area contributed by atoms with Crippen molar-refractivity contribution in [3.05, 3.63) is 54.6 Å². The van der Waals surface area contributed by atoms with Gasteiger partial charge in [-0.3, -0.25) is 9.89 Å². The fraction of sp³-hybridized carbons (Fsp3) is 0.200. The van der Waals surface area contributed by atoms with Gasteiger partial charge in [-0.2, -0.15) is 5.10 Å². The summed E-state index contributed by atoms with van der Waals surface area (Å²) in [6.07, 6.45) is 4.89. The van der Waals surface area contributed by atoms with Gasteiger partial charge in [0.05, 0.1) is 16.6 Å². The van der Waals surface area contributed by atoms with E-state index in [1.54, 1.807) is 12.4 Å². The average Bonchev–Trinajstić information content (AvgIpc) is 3.30. The Morgan fingerprint density at radius 2 is 1.89 bits per heavy atom. The van der Waals surface area contributed by atoms with Crippen molar-refractivity contribution in [2.45, 2.75) is 26.3 Å². The van der Waals surface area contributed by atoms with Crippen molar-refractivity contribution in [1.29, 1.82) is 0 Å². The van der Waals surface area contributed by atoms with Gasteiger partial charge in [-0.05, 0) is 44.5 Å². The SMILES string of the molecule is CC(C)(C)n1cc(C(=O)Nc2ccc(-c3ccn[nH]3)cc2)c2c(N)ncnc21. The molecule has 0 aliphatic carbocycles. The molecule has 4 rings (SSSR count). The van der Waals surface area contributed by atoms with Crippen LogP contribution in [0.2, 0.25) is 0 Å². The number of carbonyl (C=O) groups is 1. The number of nitrogens with one attached hydrogen (secondary N) is 2. The second kappa shape index (κ2) is 6.49. The molecule has 0 bridgehead atoms. The summed E-state index contributed by atoms with van der Waals surface area (Å²) in [6, 6.07) is 9.41. The molecule has 8 heteroatoms. The summed E-state index contributed by atoms with van der Waals surface area (Å²) >= 11 is 0. The summed E-state index contributed by atoms with van der Waals surface area (Å²) in [5.74, 6) is 0.0246. The normalized spacial score (nSPS) is 11.7. The predicted molar refractivity (Wildman–Crippen MR) is 109 cm³/mol. The van der Waals surface area contributed by atoms with Crippen LogP contribution in [0, 0.1) is 0 Å². The van der Waals surface area contributed by atoms with Crippen molar-refractivity contribution in [2.24, 2.45) is 0 Å². The van der Waals surface area contributed by atoms with E-state index in [1.807, 2.05) is 55.7 Å². The molecule has 1 aromatic carbocycles. The Kier molecular flexibility index (Phi) is 4.11. The molecule has 0 aliphatic heterocycles. The maximum absolute atomic E-state index is 13.0. The lowest BCUT2D eigenvalue weighted by molar-refractivity contribution is 0.102. The lowest BCUT2D eigenvalue weighted by Gasteiger charge is -2.21. The molecule has 4 N–H and O–H groups in total. The third-order valence-electron chi connectivity index (χ3n) is 4.53. The lowest BCUT2D eigenvalue weighted by Crippen LogP contribution is -2.21. The number of hydrogen-bond acceptors (Lipinski definition) is 5. The second-order valence-corrected chi connectivity index (χ2v) is 7.54. The minimum atomic E-state index is -0.261. The molecule has 0 radical (unpaired) electrons. The van der Waals surface area contributed by atoms with Crippen LogP contribution in [-0.4, -0.2) is 30.6 Å². The number of benzene rings is 1. The molecule has 142 valence electrons. The van der Waals surface area contributed by atoms with Crippen LogP contribution in [0.3, 0.4) is 0 Å². The van der Waals surface area contributed by atoms with Crippen LogP contribution in [0.15, 0.2) is 49.1 Å². The third-order valence-corrected chi connectivity index (χ3v) is 4.53. The molecular formula is C20H21N7O. The minimum Gasteiger partial charge on any atom is -0.383 e. The number of anilines is 2. The van der Waals surface area contributed by atoms with Crippen molar-refractivity contribution in [1.82, 2.24) is 24.7 Å². The molecule has 0 fully saturated rings. The Hall–Kier alpha value is -3.68. The molecule has 3 aromatic heterocycles. The van der Waals surface area contributed by atoms with Gasteiger partial charge in [0.15, 0.2) is 0 Å². The maximum Gasteiger partial charge on any atom is 0.258 e. The number of nitrogen functional groups attached to an aromatic ring is 1.